The lowest BCUT2D eigenvalue weighted by Crippen LogP contribution is -2.22. The lowest BCUT2D eigenvalue weighted by atomic mass is 10.1. The van der Waals surface area contributed by atoms with E-state index in [0.29, 0.717) is 0 Å². The molecule has 0 saturated heterocycles. The second-order valence-electron chi connectivity index (χ2n) is 3.32. The number of rotatable bonds is 1. The van der Waals surface area contributed by atoms with Crippen molar-refractivity contribution in [3.63, 3.8) is 0 Å². The molecule has 0 aromatic heterocycles. The molecule has 0 spiro atoms. The minimum Gasteiger partial charge on any atom is -0.144 e. The van der Waals surface area contributed by atoms with Gasteiger partial charge in [0.25, 0.3) is 7.42 Å². The van der Waals surface area contributed by atoms with Crippen molar-refractivity contribution >= 4 is 45.5 Å². The third-order valence-corrected chi connectivity index (χ3v) is 4.92. The van der Waals surface area contributed by atoms with Crippen LogP contribution in [-0.2, 0) is 0 Å². The first-order chi connectivity index (χ1) is 6.70. The summed E-state index contributed by atoms with van der Waals surface area (Å²) in [5.74, 6) is 0. The maximum absolute atomic E-state index is 6.09. The molecule has 0 unspecified atom stereocenters. The highest BCUT2D eigenvalue weighted by molar-refractivity contribution is 7.40. The molecule has 0 fully saturated rings. The molecule has 0 heterocycles. The first-order valence-corrected chi connectivity index (χ1v) is 8.53. The van der Waals surface area contributed by atoms with Gasteiger partial charge < -0.3 is 0 Å². The van der Waals surface area contributed by atoms with E-state index < -0.39 is 7.42 Å². The van der Waals surface area contributed by atoms with Gasteiger partial charge in [-0.05, 0) is 28.4 Å². The molecule has 0 aliphatic heterocycles. The number of hydrogen-bond donors (Lipinski definition) is 0. The van der Waals surface area contributed by atoms with E-state index in [1.54, 1.807) is 0 Å². The van der Waals surface area contributed by atoms with E-state index in [1.807, 2.05) is 12.1 Å². The molecule has 3 heteroatoms. The summed E-state index contributed by atoms with van der Waals surface area (Å²) >= 11 is 12.2. The third-order valence-electron chi connectivity index (χ3n) is 2.41. The van der Waals surface area contributed by atoms with E-state index in [2.05, 4.69) is 31.2 Å². The summed E-state index contributed by atoms with van der Waals surface area (Å²) in [5, 5.41) is 3.58. The molecule has 0 aliphatic carbocycles. The molecule has 2 rings (SSSR count). The lowest BCUT2D eigenvalue weighted by Gasteiger charge is -2.09. The molecular formula is C11H10Cl2Si. The van der Waals surface area contributed by atoms with Gasteiger partial charge in [0.2, 0.25) is 0 Å². The predicted octanol–water partition coefficient (Wildman–Crippen LogP) is 3.05. The Morgan fingerprint density at radius 1 is 1.00 bits per heavy atom. The van der Waals surface area contributed by atoms with Crippen LogP contribution in [0.1, 0.15) is 5.56 Å². The first-order valence-electron chi connectivity index (χ1n) is 4.46. The van der Waals surface area contributed by atoms with Crippen molar-refractivity contribution in [3.8, 4) is 0 Å². The topological polar surface area (TPSA) is 0 Å². The van der Waals surface area contributed by atoms with Gasteiger partial charge in [0, 0.05) is 0 Å². The summed E-state index contributed by atoms with van der Waals surface area (Å²) in [6.45, 7) is 2.06. The molecule has 2 aromatic rings. The van der Waals surface area contributed by atoms with E-state index in [0.717, 1.165) is 5.19 Å². The van der Waals surface area contributed by atoms with E-state index in [-0.39, 0.29) is 0 Å². The van der Waals surface area contributed by atoms with Crippen molar-refractivity contribution in [2.45, 2.75) is 6.92 Å². The largest absolute Gasteiger partial charge is 0.267 e. The van der Waals surface area contributed by atoms with Gasteiger partial charge in [-0.1, -0.05) is 36.4 Å². The maximum atomic E-state index is 6.09. The molecule has 0 atom stereocenters. The normalized spacial score (nSPS) is 11.1. The lowest BCUT2D eigenvalue weighted by molar-refractivity contribution is 1.54. The SMILES string of the molecule is Cc1ccc2ccccc2c1[SiH](Cl)Cl. The van der Waals surface area contributed by atoms with Crippen LogP contribution >= 0.6 is 22.2 Å². The Balaban J connectivity index is 2.83. The van der Waals surface area contributed by atoms with E-state index >= 15 is 0 Å². The fraction of sp³-hybridized carbons (Fsp3) is 0.0909. The highest BCUT2D eigenvalue weighted by Gasteiger charge is 2.12. The molecule has 0 bridgehead atoms. The van der Waals surface area contributed by atoms with Gasteiger partial charge in [-0.2, -0.15) is 0 Å². The molecule has 0 aliphatic rings. The molecule has 14 heavy (non-hydrogen) atoms. The van der Waals surface area contributed by atoms with Crippen molar-refractivity contribution < 1.29 is 0 Å². The average molecular weight is 241 g/mol. The zero-order valence-electron chi connectivity index (χ0n) is 7.80. The summed E-state index contributed by atoms with van der Waals surface area (Å²) in [4.78, 5) is 0. The highest BCUT2D eigenvalue weighted by Crippen LogP contribution is 2.16. The van der Waals surface area contributed by atoms with Gasteiger partial charge in [0.1, 0.15) is 0 Å². The van der Waals surface area contributed by atoms with Gasteiger partial charge in [-0.25, -0.2) is 0 Å². The Bertz CT molecular complexity index is 466. The Morgan fingerprint density at radius 2 is 1.71 bits per heavy atom. The Hall–Kier alpha value is -0.503. The fourth-order valence-corrected chi connectivity index (χ4v) is 4.37. The van der Waals surface area contributed by atoms with Gasteiger partial charge in [-0.15, -0.1) is 22.2 Å². The minimum atomic E-state index is -1.77. The van der Waals surface area contributed by atoms with Crippen molar-refractivity contribution in [2.75, 3.05) is 0 Å². The van der Waals surface area contributed by atoms with E-state index in [1.165, 1.54) is 16.3 Å². The first kappa shape index (κ1) is 10.0. The second-order valence-corrected chi connectivity index (χ2v) is 7.79. The number of hydrogen-bond acceptors (Lipinski definition) is 0. The molecule has 0 amide bonds. The van der Waals surface area contributed by atoms with Crippen LogP contribution in [0.5, 0.6) is 0 Å². The van der Waals surface area contributed by atoms with Crippen LogP contribution < -0.4 is 5.19 Å². The van der Waals surface area contributed by atoms with Crippen molar-refractivity contribution in [3.05, 3.63) is 42.0 Å². The molecular weight excluding hydrogens is 231 g/mol. The fourth-order valence-electron chi connectivity index (χ4n) is 1.69. The zero-order valence-corrected chi connectivity index (χ0v) is 10.5. The molecule has 72 valence electrons. The maximum Gasteiger partial charge on any atom is 0.267 e. The summed E-state index contributed by atoms with van der Waals surface area (Å²) in [7, 11) is -1.77. The highest BCUT2D eigenvalue weighted by atomic mass is 35.7. The van der Waals surface area contributed by atoms with Gasteiger partial charge in [-0.3, -0.25) is 0 Å². The summed E-state index contributed by atoms with van der Waals surface area (Å²) in [6.07, 6.45) is 0. The Kier molecular flexibility index (Phi) is 2.82. The van der Waals surface area contributed by atoms with Gasteiger partial charge >= 0.3 is 0 Å². The average Bonchev–Trinajstić information content (AvgIpc) is 2.17. The minimum absolute atomic E-state index is 1.16. The van der Waals surface area contributed by atoms with Gasteiger partial charge in [0.05, 0.1) is 0 Å². The summed E-state index contributed by atoms with van der Waals surface area (Å²) in [6, 6.07) is 12.4. The monoisotopic (exact) mass is 240 g/mol. The van der Waals surface area contributed by atoms with E-state index in [9.17, 15) is 0 Å². The van der Waals surface area contributed by atoms with Crippen LogP contribution in [0, 0.1) is 6.92 Å². The third kappa shape index (κ3) is 1.68. The molecule has 0 saturated carbocycles. The number of halogens is 2. The number of benzene rings is 2. The molecule has 0 N–H and O–H groups in total. The van der Waals surface area contributed by atoms with Crippen molar-refractivity contribution in [1.29, 1.82) is 0 Å². The predicted molar refractivity (Wildman–Crippen MR) is 67.2 cm³/mol. The van der Waals surface area contributed by atoms with Crippen LogP contribution in [0.25, 0.3) is 10.8 Å². The van der Waals surface area contributed by atoms with Crippen LogP contribution in [0.15, 0.2) is 36.4 Å². The summed E-state index contributed by atoms with van der Waals surface area (Å²) < 4.78 is 0. The Morgan fingerprint density at radius 3 is 2.43 bits per heavy atom. The number of fused-ring (bicyclic) bond motifs is 1. The second kappa shape index (κ2) is 3.93. The van der Waals surface area contributed by atoms with Crippen LogP contribution in [0.3, 0.4) is 0 Å². The van der Waals surface area contributed by atoms with Gasteiger partial charge in [0.15, 0.2) is 0 Å². The van der Waals surface area contributed by atoms with Crippen LogP contribution in [0.2, 0.25) is 0 Å². The zero-order chi connectivity index (χ0) is 10.1. The molecule has 0 nitrogen and oxygen atoms in total. The van der Waals surface area contributed by atoms with E-state index in [4.69, 9.17) is 22.2 Å². The standard InChI is InChI=1S/C11H10Cl2Si/c1-8-6-7-9-4-2-3-5-10(9)11(8)14(12)13/h2-7,14H,1H3. The van der Waals surface area contributed by atoms with Crippen LogP contribution in [-0.4, -0.2) is 7.42 Å². The molecule has 2 aromatic carbocycles. The number of aryl methyl sites for hydroxylation is 1. The molecule has 0 radical (unpaired) electrons. The summed E-state index contributed by atoms with van der Waals surface area (Å²) in [5.41, 5.74) is 1.20. The quantitative estimate of drug-likeness (QED) is 0.531. The Labute approximate surface area is 94.5 Å². The van der Waals surface area contributed by atoms with Crippen molar-refractivity contribution in [2.24, 2.45) is 0 Å². The van der Waals surface area contributed by atoms with Crippen molar-refractivity contribution in [1.82, 2.24) is 0 Å². The van der Waals surface area contributed by atoms with Crippen LogP contribution in [0.4, 0.5) is 0 Å². The smallest absolute Gasteiger partial charge is 0.144 e.